The van der Waals surface area contributed by atoms with Crippen molar-refractivity contribution in [3.8, 4) is 17.2 Å². The second-order valence-electron chi connectivity index (χ2n) is 6.20. The molecule has 9 heteroatoms. The SMILES string of the molecule is CCc1cc(=O)oc2cc(OCc3nnc(-c4ccc([N+](=O)[O-])cc4)o3)ccc12. The Morgan fingerprint density at radius 1 is 1.07 bits per heavy atom. The van der Waals surface area contributed by atoms with E-state index in [0.29, 0.717) is 16.9 Å². The molecule has 29 heavy (non-hydrogen) atoms. The minimum absolute atomic E-state index is 0.0171. The molecule has 146 valence electrons. The number of hydrogen-bond acceptors (Lipinski definition) is 8. The third-order valence-corrected chi connectivity index (χ3v) is 4.34. The molecule has 0 fully saturated rings. The van der Waals surface area contributed by atoms with Crippen molar-refractivity contribution in [1.29, 1.82) is 0 Å². The number of nitro benzene ring substituents is 1. The van der Waals surface area contributed by atoms with Gasteiger partial charge in [-0.2, -0.15) is 0 Å². The Bertz CT molecular complexity index is 1240. The van der Waals surface area contributed by atoms with Crippen molar-refractivity contribution in [2.24, 2.45) is 0 Å². The highest BCUT2D eigenvalue weighted by atomic mass is 16.6. The molecule has 0 saturated carbocycles. The van der Waals surface area contributed by atoms with Gasteiger partial charge < -0.3 is 13.6 Å². The number of ether oxygens (including phenoxy) is 1. The van der Waals surface area contributed by atoms with Gasteiger partial charge in [0, 0.05) is 35.2 Å². The largest absolute Gasteiger partial charge is 0.484 e. The lowest BCUT2D eigenvalue weighted by atomic mass is 10.1. The maximum absolute atomic E-state index is 11.7. The van der Waals surface area contributed by atoms with Crippen LogP contribution in [0.5, 0.6) is 5.75 Å². The Kier molecular flexibility index (Phi) is 4.78. The van der Waals surface area contributed by atoms with E-state index in [-0.39, 0.29) is 24.1 Å². The first kappa shape index (κ1) is 18.4. The zero-order valence-electron chi connectivity index (χ0n) is 15.3. The van der Waals surface area contributed by atoms with Crippen LogP contribution < -0.4 is 10.4 Å². The summed E-state index contributed by atoms with van der Waals surface area (Å²) >= 11 is 0. The van der Waals surface area contributed by atoms with E-state index in [1.807, 2.05) is 13.0 Å². The summed E-state index contributed by atoms with van der Waals surface area (Å²) in [4.78, 5) is 21.9. The lowest BCUT2D eigenvalue weighted by molar-refractivity contribution is -0.384. The summed E-state index contributed by atoms with van der Waals surface area (Å²) in [6.07, 6.45) is 0.718. The number of fused-ring (bicyclic) bond motifs is 1. The van der Waals surface area contributed by atoms with Gasteiger partial charge in [0.15, 0.2) is 6.61 Å². The summed E-state index contributed by atoms with van der Waals surface area (Å²) in [7, 11) is 0. The summed E-state index contributed by atoms with van der Waals surface area (Å²) in [5.41, 5.74) is 1.49. The molecule has 0 amide bonds. The topological polar surface area (TPSA) is 122 Å². The molecule has 2 heterocycles. The summed E-state index contributed by atoms with van der Waals surface area (Å²) in [6, 6.07) is 12.5. The highest BCUT2D eigenvalue weighted by Gasteiger charge is 2.12. The Balaban J connectivity index is 1.49. The predicted molar refractivity (Wildman–Crippen MR) is 103 cm³/mol. The standard InChI is InChI=1S/C20H15N3O6/c1-2-12-9-19(24)28-17-10-15(7-8-16(12)17)27-11-18-21-22-20(29-18)13-3-5-14(6-4-13)23(25)26/h3-10H,2,11H2,1H3. The van der Waals surface area contributed by atoms with E-state index < -0.39 is 10.5 Å². The lowest BCUT2D eigenvalue weighted by Gasteiger charge is -2.06. The molecule has 0 atom stereocenters. The van der Waals surface area contributed by atoms with E-state index in [2.05, 4.69) is 10.2 Å². The Labute approximate surface area is 163 Å². The molecule has 0 spiro atoms. The second-order valence-corrected chi connectivity index (χ2v) is 6.20. The van der Waals surface area contributed by atoms with Crippen LogP contribution in [0, 0.1) is 10.1 Å². The Morgan fingerprint density at radius 3 is 2.59 bits per heavy atom. The number of aromatic nitrogens is 2. The molecule has 4 aromatic rings. The zero-order chi connectivity index (χ0) is 20.4. The van der Waals surface area contributed by atoms with Crippen molar-refractivity contribution in [2.45, 2.75) is 20.0 Å². The van der Waals surface area contributed by atoms with Gasteiger partial charge in [0.1, 0.15) is 11.3 Å². The molecule has 0 aliphatic rings. The first-order chi connectivity index (χ1) is 14.0. The molecule has 0 radical (unpaired) electrons. The third kappa shape index (κ3) is 3.84. The number of aryl methyl sites for hydroxylation is 1. The molecular formula is C20H15N3O6. The molecule has 0 aliphatic heterocycles. The van der Waals surface area contributed by atoms with Crippen LogP contribution >= 0.6 is 0 Å². The van der Waals surface area contributed by atoms with E-state index >= 15 is 0 Å². The van der Waals surface area contributed by atoms with E-state index in [9.17, 15) is 14.9 Å². The molecule has 2 aromatic carbocycles. The highest BCUT2D eigenvalue weighted by Crippen LogP contribution is 2.25. The van der Waals surface area contributed by atoms with E-state index in [0.717, 1.165) is 17.4 Å². The maximum Gasteiger partial charge on any atom is 0.336 e. The van der Waals surface area contributed by atoms with Crippen LogP contribution in [0.2, 0.25) is 0 Å². The normalized spacial score (nSPS) is 10.9. The van der Waals surface area contributed by atoms with Crippen molar-refractivity contribution >= 4 is 16.7 Å². The van der Waals surface area contributed by atoms with Gasteiger partial charge in [-0.1, -0.05) is 6.92 Å². The van der Waals surface area contributed by atoms with Crippen molar-refractivity contribution in [1.82, 2.24) is 10.2 Å². The van der Waals surface area contributed by atoms with Crippen LogP contribution in [-0.2, 0) is 13.0 Å². The summed E-state index contributed by atoms with van der Waals surface area (Å²) in [6.45, 7) is 1.99. The van der Waals surface area contributed by atoms with Crippen molar-refractivity contribution < 1.29 is 18.5 Å². The molecule has 2 aromatic heterocycles. The van der Waals surface area contributed by atoms with Gasteiger partial charge in [0.05, 0.1) is 4.92 Å². The van der Waals surface area contributed by atoms with Crippen LogP contribution in [0.3, 0.4) is 0 Å². The summed E-state index contributed by atoms with van der Waals surface area (Å²) in [5.74, 6) is 0.960. The van der Waals surface area contributed by atoms with Crippen molar-refractivity contribution in [3.05, 3.63) is 80.5 Å². The zero-order valence-corrected chi connectivity index (χ0v) is 15.3. The van der Waals surface area contributed by atoms with Gasteiger partial charge in [-0.3, -0.25) is 10.1 Å². The van der Waals surface area contributed by atoms with Crippen LogP contribution in [0.1, 0.15) is 18.4 Å². The van der Waals surface area contributed by atoms with E-state index in [1.165, 1.54) is 30.3 Å². The fourth-order valence-corrected chi connectivity index (χ4v) is 2.89. The molecule has 0 N–H and O–H groups in total. The molecule has 4 rings (SSSR count). The number of hydrogen-bond donors (Lipinski definition) is 0. The smallest absolute Gasteiger partial charge is 0.336 e. The van der Waals surface area contributed by atoms with Gasteiger partial charge in [-0.25, -0.2) is 4.79 Å². The van der Waals surface area contributed by atoms with Crippen LogP contribution in [0.15, 0.2) is 62.2 Å². The van der Waals surface area contributed by atoms with Gasteiger partial charge in [0.25, 0.3) is 11.6 Å². The average molecular weight is 393 g/mol. The Hall–Kier alpha value is -4.01. The number of nitrogens with zero attached hydrogens (tertiary/aromatic N) is 3. The molecule has 0 aliphatic carbocycles. The third-order valence-electron chi connectivity index (χ3n) is 4.34. The first-order valence-corrected chi connectivity index (χ1v) is 8.80. The van der Waals surface area contributed by atoms with Gasteiger partial charge in [0.2, 0.25) is 5.89 Å². The van der Waals surface area contributed by atoms with Crippen molar-refractivity contribution in [3.63, 3.8) is 0 Å². The second kappa shape index (κ2) is 7.55. The minimum Gasteiger partial charge on any atom is -0.484 e. The predicted octanol–water partition coefficient (Wildman–Crippen LogP) is 3.89. The van der Waals surface area contributed by atoms with Gasteiger partial charge in [-0.15, -0.1) is 10.2 Å². The fraction of sp³-hybridized carbons (Fsp3) is 0.150. The minimum atomic E-state index is -0.480. The van der Waals surface area contributed by atoms with Gasteiger partial charge >= 0.3 is 5.63 Å². The van der Waals surface area contributed by atoms with Crippen molar-refractivity contribution in [2.75, 3.05) is 0 Å². The number of benzene rings is 2. The number of non-ortho nitro benzene ring substituents is 1. The number of nitro groups is 1. The van der Waals surface area contributed by atoms with Crippen LogP contribution in [0.4, 0.5) is 5.69 Å². The van der Waals surface area contributed by atoms with Gasteiger partial charge in [-0.05, 0) is 36.2 Å². The van der Waals surface area contributed by atoms with Crippen LogP contribution in [-0.4, -0.2) is 15.1 Å². The summed E-state index contributed by atoms with van der Waals surface area (Å²) < 4.78 is 16.5. The highest BCUT2D eigenvalue weighted by molar-refractivity contribution is 5.81. The number of rotatable bonds is 6. The fourth-order valence-electron chi connectivity index (χ4n) is 2.89. The molecule has 9 nitrogen and oxygen atoms in total. The molecular weight excluding hydrogens is 378 g/mol. The summed E-state index contributed by atoms with van der Waals surface area (Å²) in [5, 5.41) is 19.4. The quantitative estimate of drug-likeness (QED) is 0.275. The lowest BCUT2D eigenvalue weighted by Crippen LogP contribution is -2.00. The monoisotopic (exact) mass is 393 g/mol. The molecule has 0 bridgehead atoms. The first-order valence-electron chi connectivity index (χ1n) is 8.80. The van der Waals surface area contributed by atoms with E-state index in [1.54, 1.807) is 12.1 Å². The Morgan fingerprint density at radius 2 is 1.86 bits per heavy atom. The molecule has 0 unspecified atom stereocenters. The molecule has 0 saturated heterocycles. The average Bonchev–Trinajstić information content (AvgIpc) is 3.20. The maximum atomic E-state index is 11.7. The van der Waals surface area contributed by atoms with E-state index in [4.69, 9.17) is 13.6 Å². The van der Waals surface area contributed by atoms with Crippen LogP contribution in [0.25, 0.3) is 22.4 Å².